The van der Waals surface area contributed by atoms with E-state index in [1.165, 1.54) is 19.1 Å². The lowest BCUT2D eigenvalue weighted by molar-refractivity contribution is -0.127. The van der Waals surface area contributed by atoms with E-state index in [0.717, 1.165) is 0 Å². The van der Waals surface area contributed by atoms with Crippen molar-refractivity contribution in [2.75, 3.05) is 38.8 Å². The van der Waals surface area contributed by atoms with Gasteiger partial charge in [-0.1, -0.05) is 0 Å². The molecule has 0 bridgehead atoms. The van der Waals surface area contributed by atoms with Crippen molar-refractivity contribution in [3.63, 3.8) is 0 Å². The maximum atomic E-state index is 13.1. The summed E-state index contributed by atoms with van der Waals surface area (Å²) < 4.78 is 36.6. The van der Waals surface area contributed by atoms with Gasteiger partial charge in [0.2, 0.25) is 11.8 Å². The van der Waals surface area contributed by atoms with Crippen LogP contribution in [0.25, 0.3) is 0 Å². The molecule has 1 atom stereocenters. The first kappa shape index (κ1) is 21.9. The molecular formula is C16H22ClF2N3O4. The molecule has 2 rings (SSSR count). The van der Waals surface area contributed by atoms with Gasteiger partial charge < -0.3 is 25.4 Å². The summed E-state index contributed by atoms with van der Waals surface area (Å²) in [7, 11) is 2.97. The van der Waals surface area contributed by atoms with E-state index in [0.29, 0.717) is 17.2 Å². The smallest absolute Gasteiger partial charge is 0.277 e. The fourth-order valence-corrected chi connectivity index (χ4v) is 2.51. The highest BCUT2D eigenvalue weighted by molar-refractivity contribution is 6.00. The van der Waals surface area contributed by atoms with E-state index in [1.807, 2.05) is 0 Å². The van der Waals surface area contributed by atoms with Crippen LogP contribution < -0.4 is 25.4 Å². The number of carbonyl (C=O) groups is 2. The molecule has 1 unspecified atom stereocenters. The van der Waals surface area contributed by atoms with Gasteiger partial charge in [0.05, 0.1) is 38.9 Å². The number of nitrogens with two attached hydrogens (primary N) is 1. The molecule has 3 N–H and O–H groups in total. The van der Waals surface area contributed by atoms with Crippen molar-refractivity contribution in [3.8, 4) is 11.5 Å². The second-order valence-corrected chi connectivity index (χ2v) is 5.75. The lowest BCUT2D eigenvalue weighted by atomic mass is 10.1. The Morgan fingerprint density at radius 3 is 2.38 bits per heavy atom. The molecule has 0 saturated carbocycles. The third-order valence-electron chi connectivity index (χ3n) is 3.96. The number of anilines is 1. The summed E-state index contributed by atoms with van der Waals surface area (Å²) in [6.07, 6.45) is -0.0560. The minimum absolute atomic E-state index is 0. The van der Waals surface area contributed by atoms with Crippen molar-refractivity contribution >= 4 is 29.9 Å². The topological polar surface area (TPSA) is 93.9 Å². The first-order valence-electron chi connectivity index (χ1n) is 7.68. The summed E-state index contributed by atoms with van der Waals surface area (Å²) in [5.74, 6) is -3.76. The Balaban J connectivity index is 0.00000338. The van der Waals surface area contributed by atoms with Gasteiger partial charge in [0.15, 0.2) is 0 Å². The van der Waals surface area contributed by atoms with Gasteiger partial charge in [-0.3, -0.25) is 9.59 Å². The number of ether oxygens (including phenoxy) is 2. The van der Waals surface area contributed by atoms with Crippen LogP contribution >= 0.6 is 12.4 Å². The quantitative estimate of drug-likeness (QED) is 0.725. The van der Waals surface area contributed by atoms with Crippen LogP contribution in [-0.2, 0) is 9.59 Å². The predicted octanol–water partition coefficient (Wildman–Crippen LogP) is 1.19. The molecule has 0 radical (unpaired) electrons. The van der Waals surface area contributed by atoms with Gasteiger partial charge in [-0.25, -0.2) is 8.78 Å². The van der Waals surface area contributed by atoms with Crippen LogP contribution in [0.1, 0.15) is 6.42 Å². The molecular weight excluding hydrogens is 372 g/mol. The molecule has 1 heterocycles. The zero-order valence-electron chi connectivity index (χ0n) is 14.5. The van der Waals surface area contributed by atoms with Crippen molar-refractivity contribution in [1.82, 2.24) is 5.32 Å². The summed E-state index contributed by atoms with van der Waals surface area (Å²) in [5.41, 5.74) is 5.45. The lowest BCUT2D eigenvalue weighted by Crippen LogP contribution is -2.44. The molecule has 26 heavy (non-hydrogen) atoms. The van der Waals surface area contributed by atoms with E-state index in [1.54, 1.807) is 18.2 Å². The molecule has 7 nitrogen and oxygen atoms in total. The second kappa shape index (κ2) is 9.00. The molecule has 1 saturated heterocycles. The number of methoxy groups -OCH3 is 2. The number of hydrogen-bond acceptors (Lipinski definition) is 5. The van der Waals surface area contributed by atoms with E-state index < -0.39 is 30.8 Å². The number of benzene rings is 1. The summed E-state index contributed by atoms with van der Waals surface area (Å²) in [4.78, 5) is 25.7. The third kappa shape index (κ3) is 5.18. The van der Waals surface area contributed by atoms with Gasteiger partial charge in [0, 0.05) is 31.2 Å². The van der Waals surface area contributed by atoms with E-state index in [2.05, 4.69) is 5.32 Å². The molecule has 1 aromatic carbocycles. The minimum atomic E-state index is -3.17. The predicted molar refractivity (Wildman–Crippen MR) is 94.3 cm³/mol. The standard InChI is InChI=1S/C16H21F2N3O4.ClH/c1-24-12-4-11(5-13(6-12)25-2)21-7-10(3-14(21)22)15(23)20-9-16(17,18)8-19;/h4-6,10H,3,7-9,19H2,1-2H3,(H,20,23);1H. The van der Waals surface area contributed by atoms with Gasteiger partial charge in [0.25, 0.3) is 5.92 Å². The SMILES string of the molecule is COc1cc(OC)cc(N2CC(C(=O)NCC(F)(F)CN)CC2=O)c1.Cl. The molecule has 10 heteroatoms. The van der Waals surface area contributed by atoms with E-state index >= 15 is 0 Å². The molecule has 1 aliphatic heterocycles. The van der Waals surface area contributed by atoms with Crippen LogP contribution in [0.15, 0.2) is 18.2 Å². The zero-order valence-corrected chi connectivity index (χ0v) is 15.3. The Hall–Kier alpha value is -2.13. The number of rotatable bonds is 7. The molecule has 0 spiro atoms. The summed E-state index contributed by atoms with van der Waals surface area (Å²) >= 11 is 0. The highest BCUT2D eigenvalue weighted by Gasteiger charge is 2.37. The highest BCUT2D eigenvalue weighted by atomic mass is 35.5. The fourth-order valence-electron chi connectivity index (χ4n) is 2.51. The maximum Gasteiger partial charge on any atom is 0.277 e. The van der Waals surface area contributed by atoms with E-state index in [-0.39, 0.29) is 31.3 Å². The highest BCUT2D eigenvalue weighted by Crippen LogP contribution is 2.32. The van der Waals surface area contributed by atoms with Crippen molar-refractivity contribution in [2.45, 2.75) is 12.3 Å². The monoisotopic (exact) mass is 393 g/mol. The normalized spacial score (nSPS) is 16.9. The maximum absolute atomic E-state index is 13.1. The number of amides is 2. The molecule has 2 amide bonds. The summed E-state index contributed by atoms with van der Waals surface area (Å²) in [6.45, 7) is -1.61. The number of alkyl halides is 2. The molecule has 0 aromatic heterocycles. The third-order valence-corrected chi connectivity index (χ3v) is 3.96. The van der Waals surface area contributed by atoms with Crippen LogP contribution in [0.3, 0.4) is 0 Å². The minimum Gasteiger partial charge on any atom is -0.497 e. The molecule has 1 aliphatic rings. The first-order chi connectivity index (χ1) is 11.8. The average molecular weight is 394 g/mol. The van der Waals surface area contributed by atoms with Crippen LogP contribution in [0.2, 0.25) is 0 Å². The van der Waals surface area contributed by atoms with Gasteiger partial charge in [0.1, 0.15) is 11.5 Å². The van der Waals surface area contributed by atoms with Crippen LogP contribution in [0.4, 0.5) is 14.5 Å². The van der Waals surface area contributed by atoms with Crippen molar-refractivity contribution in [3.05, 3.63) is 18.2 Å². The first-order valence-corrected chi connectivity index (χ1v) is 7.68. The van der Waals surface area contributed by atoms with Gasteiger partial charge >= 0.3 is 0 Å². The van der Waals surface area contributed by atoms with Crippen LogP contribution in [0.5, 0.6) is 11.5 Å². The van der Waals surface area contributed by atoms with Gasteiger partial charge in [-0.2, -0.15) is 0 Å². The fraction of sp³-hybridized carbons (Fsp3) is 0.500. The number of carbonyl (C=O) groups excluding carboxylic acids is 2. The summed E-state index contributed by atoms with van der Waals surface area (Å²) in [6, 6.07) is 4.94. The Labute approximate surface area is 156 Å². The van der Waals surface area contributed by atoms with Crippen LogP contribution in [-0.4, -0.2) is 51.6 Å². The molecule has 146 valence electrons. The number of nitrogens with one attached hydrogen (secondary N) is 1. The second-order valence-electron chi connectivity index (χ2n) is 5.75. The molecule has 1 aromatic rings. The van der Waals surface area contributed by atoms with Crippen molar-refractivity contribution in [2.24, 2.45) is 11.7 Å². The van der Waals surface area contributed by atoms with Crippen LogP contribution in [0, 0.1) is 5.92 Å². The average Bonchev–Trinajstić information content (AvgIpc) is 3.01. The Morgan fingerprint density at radius 2 is 1.88 bits per heavy atom. The number of halogens is 3. The summed E-state index contributed by atoms with van der Waals surface area (Å²) in [5, 5.41) is 2.16. The lowest BCUT2D eigenvalue weighted by Gasteiger charge is -2.19. The van der Waals surface area contributed by atoms with Gasteiger partial charge in [-0.15, -0.1) is 12.4 Å². The Morgan fingerprint density at radius 1 is 1.31 bits per heavy atom. The number of hydrogen-bond donors (Lipinski definition) is 2. The Kier molecular flexibility index (Phi) is 7.58. The van der Waals surface area contributed by atoms with Crippen molar-refractivity contribution in [1.29, 1.82) is 0 Å². The van der Waals surface area contributed by atoms with E-state index in [4.69, 9.17) is 15.2 Å². The Bertz CT molecular complexity index is 638. The van der Waals surface area contributed by atoms with Gasteiger partial charge in [-0.05, 0) is 0 Å². The molecule has 1 fully saturated rings. The largest absolute Gasteiger partial charge is 0.497 e. The van der Waals surface area contributed by atoms with E-state index in [9.17, 15) is 18.4 Å². The van der Waals surface area contributed by atoms with Crippen molar-refractivity contribution < 1.29 is 27.8 Å². The zero-order chi connectivity index (χ0) is 18.6. The number of nitrogens with zero attached hydrogens (tertiary/aromatic N) is 1. The molecule has 0 aliphatic carbocycles.